The van der Waals surface area contributed by atoms with Crippen LogP contribution in [0, 0.1) is 0 Å². The van der Waals surface area contributed by atoms with Gasteiger partial charge in [-0.25, -0.2) is 0 Å². The zero-order valence-electron chi connectivity index (χ0n) is 20.0. The SMILES string of the molecule is CCCN(CCC)Cn1c(O)c(N=NC(=O)Cc2ccc(OC)c(OC)c2)c2cc(Br)ccc21. The second-order valence-corrected chi connectivity index (χ2v) is 8.90. The lowest BCUT2D eigenvalue weighted by atomic mass is 10.1. The van der Waals surface area contributed by atoms with E-state index in [1.54, 1.807) is 32.4 Å². The molecule has 1 N–H and O–H groups in total. The minimum absolute atomic E-state index is 0.00651. The Bertz CT molecular complexity index is 1170. The lowest BCUT2D eigenvalue weighted by Crippen LogP contribution is -2.27. The van der Waals surface area contributed by atoms with Gasteiger partial charge in [0.25, 0.3) is 5.91 Å². The van der Waals surface area contributed by atoms with Crippen LogP contribution in [-0.2, 0) is 17.9 Å². The monoisotopic (exact) mass is 530 g/mol. The van der Waals surface area contributed by atoms with Crippen LogP contribution in [0.4, 0.5) is 5.69 Å². The fourth-order valence-corrected chi connectivity index (χ4v) is 4.29. The molecular weight excluding hydrogens is 500 g/mol. The maximum atomic E-state index is 12.6. The van der Waals surface area contributed by atoms with Gasteiger partial charge in [0.05, 0.1) is 32.8 Å². The highest BCUT2D eigenvalue weighted by atomic mass is 79.9. The summed E-state index contributed by atoms with van der Waals surface area (Å²) in [6.07, 6.45) is 2.08. The quantitative estimate of drug-likeness (QED) is 0.304. The van der Waals surface area contributed by atoms with Gasteiger partial charge in [0.2, 0.25) is 5.88 Å². The molecule has 3 rings (SSSR count). The number of carbonyl (C=O) groups is 1. The number of aromatic hydroxyl groups is 1. The Morgan fingerprint density at radius 1 is 1.06 bits per heavy atom. The molecular formula is C25H31BrN4O4. The Hall–Kier alpha value is -2.91. The van der Waals surface area contributed by atoms with E-state index in [4.69, 9.17) is 9.47 Å². The summed E-state index contributed by atoms with van der Waals surface area (Å²) in [4.78, 5) is 14.9. The number of methoxy groups -OCH3 is 2. The highest BCUT2D eigenvalue weighted by molar-refractivity contribution is 9.10. The molecule has 2 aromatic carbocycles. The molecule has 0 fully saturated rings. The van der Waals surface area contributed by atoms with Crippen molar-refractivity contribution in [3.63, 3.8) is 0 Å². The van der Waals surface area contributed by atoms with Gasteiger partial charge in [-0.2, -0.15) is 0 Å². The Kier molecular flexibility index (Phi) is 9.06. The number of fused-ring (bicyclic) bond motifs is 1. The van der Waals surface area contributed by atoms with Crippen molar-refractivity contribution >= 4 is 38.4 Å². The molecule has 8 nitrogen and oxygen atoms in total. The predicted molar refractivity (Wildman–Crippen MR) is 136 cm³/mol. The first kappa shape index (κ1) is 25.7. The highest BCUT2D eigenvalue weighted by Gasteiger charge is 2.19. The maximum absolute atomic E-state index is 12.6. The van der Waals surface area contributed by atoms with E-state index in [1.165, 1.54) is 0 Å². The fourth-order valence-electron chi connectivity index (χ4n) is 3.93. The average Bonchev–Trinajstić information content (AvgIpc) is 3.07. The fraction of sp³-hybridized carbons (Fsp3) is 0.400. The predicted octanol–water partition coefficient (Wildman–Crippen LogP) is 6.06. The molecule has 0 aliphatic heterocycles. The number of benzene rings is 2. The van der Waals surface area contributed by atoms with E-state index in [-0.39, 0.29) is 18.0 Å². The van der Waals surface area contributed by atoms with Crippen molar-refractivity contribution in [1.82, 2.24) is 9.47 Å². The number of carbonyl (C=O) groups excluding carboxylic acids is 1. The number of amides is 1. The van der Waals surface area contributed by atoms with E-state index in [2.05, 4.69) is 44.9 Å². The molecule has 0 spiro atoms. The summed E-state index contributed by atoms with van der Waals surface area (Å²) >= 11 is 3.49. The van der Waals surface area contributed by atoms with Crippen molar-refractivity contribution in [2.75, 3.05) is 27.3 Å². The summed E-state index contributed by atoms with van der Waals surface area (Å²) in [6, 6.07) is 11.0. The molecule has 0 aliphatic rings. The number of ether oxygens (including phenoxy) is 2. The minimum atomic E-state index is -0.430. The molecule has 0 saturated carbocycles. The summed E-state index contributed by atoms with van der Waals surface area (Å²) in [5.74, 6) is 0.692. The van der Waals surface area contributed by atoms with Gasteiger partial charge in [0, 0.05) is 9.86 Å². The third-order valence-electron chi connectivity index (χ3n) is 5.46. The second kappa shape index (κ2) is 12.0. The zero-order chi connectivity index (χ0) is 24.7. The van der Waals surface area contributed by atoms with Gasteiger partial charge in [-0.05, 0) is 61.8 Å². The van der Waals surface area contributed by atoms with Crippen molar-refractivity contribution in [2.24, 2.45) is 10.2 Å². The van der Waals surface area contributed by atoms with Gasteiger partial charge in [-0.3, -0.25) is 14.3 Å². The standard InChI is InChI=1S/C25H31BrN4O4/c1-5-11-29(12-6-2)16-30-20-9-8-18(26)15-19(20)24(25(30)32)28-27-23(31)14-17-7-10-21(33-3)22(13-17)34-4/h7-10,13,15,32H,5-6,11-12,14,16H2,1-4H3. The van der Waals surface area contributed by atoms with Crippen LogP contribution in [0.5, 0.6) is 17.4 Å². The van der Waals surface area contributed by atoms with E-state index < -0.39 is 5.91 Å². The van der Waals surface area contributed by atoms with E-state index in [0.717, 1.165) is 46.9 Å². The third kappa shape index (κ3) is 5.95. The minimum Gasteiger partial charge on any atom is -0.493 e. The number of rotatable bonds is 11. The first-order valence-corrected chi connectivity index (χ1v) is 12.1. The first-order chi connectivity index (χ1) is 16.4. The smallest absolute Gasteiger partial charge is 0.269 e. The largest absolute Gasteiger partial charge is 0.493 e. The van der Waals surface area contributed by atoms with Gasteiger partial charge in [0.15, 0.2) is 17.2 Å². The van der Waals surface area contributed by atoms with Crippen LogP contribution in [0.1, 0.15) is 32.3 Å². The molecule has 0 unspecified atom stereocenters. The molecule has 0 atom stereocenters. The Balaban J connectivity index is 1.89. The van der Waals surface area contributed by atoms with Crippen LogP contribution in [0.25, 0.3) is 10.9 Å². The topological polar surface area (TPSA) is 88.7 Å². The van der Waals surface area contributed by atoms with Crippen LogP contribution >= 0.6 is 15.9 Å². The number of hydrogen-bond acceptors (Lipinski definition) is 6. The van der Waals surface area contributed by atoms with Gasteiger partial charge in [-0.1, -0.05) is 35.8 Å². The van der Waals surface area contributed by atoms with Crippen LogP contribution in [0.15, 0.2) is 51.1 Å². The summed E-state index contributed by atoms with van der Waals surface area (Å²) in [5, 5.41) is 19.8. The molecule has 1 heterocycles. The van der Waals surface area contributed by atoms with Gasteiger partial charge in [0.1, 0.15) is 0 Å². The third-order valence-corrected chi connectivity index (χ3v) is 5.95. The number of halogens is 1. The van der Waals surface area contributed by atoms with E-state index in [0.29, 0.717) is 18.2 Å². The number of azo groups is 1. The van der Waals surface area contributed by atoms with Crippen molar-refractivity contribution in [3.05, 3.63) is 46.4 Å². The van der Waals surface area contributed by atoms with Crippen LogP contribution in [0.3, 0.4) is 0 Å². The molecule has 0 saturated heterocycles. The first-order valence-electron chi connectivity index (χ1n) is 11.3. The molecule has 0 radical (unpaired) electrons. The van der Waals surface area contributed by atoms with Crippen molar-refractivity contribution in [3.8, 4) is 17.4 Å². The number of nitrogens with zero attached hydrogens (tertiary/aromatic N) is 4. The molecule has 0 bridgehead atoms. The highest BCUT2D eigenvalue weighted by Crippen LogP contribution is 2.40. The van der Waals surface area contributed by atoms with Gasteiger partial charge in [-0.15, -0.1) is 10.2 Å². The maximum Gasteiger partial charge on any atom is 0.269 e. The van der Waals surface area contributed by atoms with Gasteiger partial charge < -0.3 is 14.6 Å². The molecule has 3 aromatic rings. The van der Waals surface area contributed by atoms with Gasteiger partial charge >= 0.3 is 0 Å². The lowest BCUT2D eigenvalue weighted by Gasteiger charge is -2.22. The zero-order valence-corrected chi connectivity index (χ0v) is 21.6. The summed E-state index contributed by atoms with van der Waals surface area (Å²) in [5.41, 5.74) is 1.84. The Labute approximate surface area is 208 Å². The van der Waals surface area contributed by atoms with Crippen molar-refractivity contribution in [2.45, 2.75) is 39.8 Å². The molecule has 34 heavy (non-hydrogen) atoms. The second-order valence-electron chi connectivity index (χ2n) is 7.98. The molecule has 0 aliphatic carbocycles. The normalized spacial score (nSPS) is 11.6. The van der Waals surface area contributed by atoms with Crippen LogP contribution in [-0.4, -0.2) is 47.8 Å². The molecule has 182 valence electrons. The van der Waals surface area contributed by atoms with E-state index in [1.807, 2.05) is 22.8 Å². The number of hydrogen-bond donors (Lipinski definition) is 1. The summed E-state index contributed by atoms with van der Waals surface area (Å²) < 4.78 is 13.2. The number of aromatic nitrogens is 1. The average molecular weight is 531 g/mol. The summed E-state index contributed by atoms with van der Waals surface area (Å²) in [6.45, 7) is 6.64. The lowest BCUT2D eigenvalue weighted by molar-refractivity contribution is -0.117. The molecule has 1 aromatic heterocycles. The Morgan fingerprint density at radius 3 is 2.41 bits per heavy atom. The van der Waals surface area contributed by atoms with Crippen molar-refractivity contribution in [1.29, 1.82) is 0 Å². The van der Waals surface area contributed by atoms with E-state index >= 15 is 0 Å². The molecule has 9 heteroatoms. The Morgan fingerprint density at radius 2 is 1.76 bits per heavy atom. The van der Waals surface area contributed by atoms with Crippen LogP contribution < -0.4 is 9.47 Å². The van der Waals surface area contributed by atoms with Crippen LogP contribution in [0.2, 0.25) is 0 Å². The summed E-state index contributed by atoms with van der Waals surface area (Å²) in [7, 11) is 3.10. The van der Waals surface area contributed by atoms with Crippen molar-refractivity contribution < 1.29 is 19.4 Å². The van der Waals surface area contributed by atoms with E-state index in [9.17, 15) is 9.90 Å². The molecule has 1 amide bonds.